The van der Waals surface area contributed by atoms with E-state index in [0.29, 0.717) is 31.7 Å². The first kappa shape index (κ1) is 14.2. The monoisotopic (exact) mass is 253 g/mol. The number of rotatable bonds is 7. The van der Waals surface area contributed by atoms with Crippen LogP contribution in [0.25, 0.3) is 0 Å². The Bertz CT molecular complexity index is 376. The molecule has 1 aromatic heterocycles. The maximum absolute atomic E-state index is 11.5. The number of aromatic nitrogens is 1. The van der Waals surface area contributed by atoms with Crippen molar-refractivity contribution in [1.82, 2.24) is 10.3 Å². The zero-order valence-electron chi connectivity index (χ0n) is 10.4. The quantitative estimate of drug-likeness (QED) is 0.484. The minimum atomic E-state index is -0.618. The Hall–Kier alpha value is -1.82. The van der Waals surface area contributed by atoms with Crippen molar-refractivity contribution < 1.29 is 14.3 Å². The topological polar surface area (TPSA) is 97.2 Å². The van der Waals surface area contributed by atoms with Crippen molar-refractivity contribution in [1.29, 1.82) is 0 Å². The average Bonchev–Trinajstić information content (AvgIpc) is 2.88. The minimum absolute atomic E-state index is 0.162. The molecule has 0 aliphatic heterocycles. The van der Waals surface area contributed by atoms with Crippen LogP contribution in [0.3, 0.4) is 0 Å². The number of hydrogen-bond acceptors (Lipinski definition) is 4. The second-order valence-corrected chi connectivity index (χ2v) is 3.84. The van der Waals surface area contributed by atoms with Gasteiger partial charge in [0.1, 0.15) is 11.7 Å². The van der Waals surface area contributed by atoms with Gasteiger partial charge in [-0.25, -0.2) is 0 Å². The number of ether oxygens (including phenoxy) is 1. The first-order valence-corrected chi connectivity index (χ1v) is 5.99. The van der Waals surface area contributed by atoms with E-state index < -0.39 is 12.0 Å². The van der Waals surface area contributed by atoms with E-state index in [9.17, 15) is 9.59 Å². The van der Waals surface area contributed by atoms with E-state index in [-0.39, 0.29) is 5.91 Å². The van der Waals surface area contributed by atoms with E-state index >= 15 is 0 Å². The molecule has 0 bridgehead atoms. The van der Waals surface area contributed by atoms with Gasteiger partial charge < -0.3 is 20.8 Å². The number of nitrogens with two attached hydrogens (primary N) is 1. The smallest absolute Gasteiger partial charge is 0.322 e. The first-order valence-electron chi connectivity index (χ1n) is 5.99. The van der Waals surface area contributed by atoms with Crippen molar-refractivity contribution in [2.75, 3.05) is 13.2 Å². The molecule has 0 aliphatic carbocycles. The Morgan fingerprint density at radius 2 is 2.33 bits per heavy atom. The second kappa shape index (κ2) is 7.50. The largest absolute Gasteiger partial charge is 0.465 e. The van der Waals surface area contributed by atoms with Gasteiger partial charge in [0.15, 0.2) is 0 Å². The number of esters is 1. The molecule has 0 spiro atoms. The summed E-state index contributed by atoms with van der Waals surface area (Å²) in [4.78, 5) is 25.6. The van der Waals surface area contributed by atoms with Gasteiger partial charge in [-0.15, -0.1) is 0 Å². The summed E-state index contributed by atoms with van der Waals surface area (Å²) in [5.41, 5.74) is 6.14. The van der Waals surface area contributed by atoms with Gasteiger partial charge in [-0.05, 0) is 31.9 Å². The standard InChI is InChI=1S/C12H19N3O3/c1-2-18-12(17)9(13)5-3-8-15-11(16)10-6-4-7-14-10/h4,6-7,9,14H,2-3,5,8,13H2,1H3,(H,15,16). The van der Waals surface area contributed by atoms with Gasteiger partial charge in [0, 0.05) is 12.7 Å². The molecule has 0 aromatic carbocycles. The Balaban J connectivity index is 2.15. The fourth-order valence-corrected chi connectivity index (χ4v) is 1.46. The summed E-state index contributed by atoms with van der Waals surface area (Å²) >= 11 is 0. The number of nitrogens with one attached hydrogen (secondary N) is 2. The third-order valence-electron chi connectivity index (χ3n) is 2.41. The highest BCUT2D eigenvalue weighted by Crippen LogP contribution is 1.98. The van der Waals surface area contributed by atoms with E-state index in [4.69, 9.17) is 10.5 Å². The van der Waals surface area contributed by atoms with E-state index in [1.165, 1.54) is 0 Å². The molecule has 1 unspecified atom stereocenters. The van der Waals surface area contributed by atoms with E-state index in [0.717, 1.165) is 0 Å². The van der Waals surface area contributed by atoms with Crippen molar-refractivity contribution in [3.63, 3.8) is 0 Å². The molecule has 0 aliphatic rings. The van der Waals surface area contributed by atoms with Crippen LogP contribution in [-0.2, 0) is 9.53 Å². The Morgan fingerprint density at radius 3 is 2.94 bits per heavy atom. The first-order chi connectivity index (χ1) is 8.65. The molecule has 0 saturated heterocycles. The lowest BCUT2D eigenvalue weighted by atomic mass is 10.1. The molecule has 100 valence electrons. The van der Waals surface area contributed by atoms with Crippen LogP contribution in [0.5, 0.6) is 0 Å². The predicted molar refractivity (Wildman–Crippen MR) is 67.0 cm³/mol. The zero-order valence-corrected chi connectivity index (χ0v) is 10.4. The predicted octanol–water partition coefficient (Wildman–Crippen LogP) is 0.415. The molecule has 0 saturated carbocycles. The van der Waals surface area contributed by atoms with Crippen LogP contribution >= 0.6 is 0 Å². The van der Waals surface area contributed by atoms with E-state index in [2.05, 4.69) is 10.3 Å². The van der Waals surface area contributed by atoms with Gasteiger partial charge >= 0.3 is 5.97 Å². The molecular weight excluding hydrogens is 234 g/mol. The number of hydrogen-bond donors (Lipinski definition) is 3. The number of H-pyrrole nitrogens is 1. The van der Waals surface area contributed by atoms with E-state index in [1.807, 2.05) is 0 Å². The Kier molecular flexibility index (Phi) is 5.93. The van der Waals surface area contributed by atoms with Crippen LogP contribution in [0.15, 0.2) is 18.3 Å². The normalized spacial score (nSPS) is 11.9. The molecule has 1 atom stereocenters. The molecular formula is C12H19N3O3. The highest BCUT2D eigenvalue weighted by Gasteiger charge is 2.13. The van der Waals surface area contributed by atoms with Crippen LogP contribution in [0.4, 0.5) is 0 Å². The van der Waals surface area contributed by atoms with Gasteiger partial charge in [0.05, 0.1) is 6.61 Å². The Labute approximate surface area is 106 Å². The van der Waals surface area contributed by atoms with Gasteiger partial charge in [0.2, 0.25) is 0 Å². The molecule has 1 rings (SSSR count). The lowest BCUT2D eigenvalue weighted by molar-refractivity contribution is -0.144. The third kappa shape index (κ3) is 4.58. The summed E-state index contributed by atoms with van der Waals surface area (Å²) in [5.74, 6) is -0.557. The van der Waals surface area contributed by atoms with Crippen molar-refractivity contribution in [3.05, 3.63) is 24.0 Å². The molecule has 1 heterocycles. The maximum atomic E-state index is 11.5. The van der Waals surface area contributed by atoms with Gasteiger partial charge in [-0.3, -0.25) is 9.59 Å². The molecule has 0 radical (unpaired) electrons. The van der Waals surface area contributed by atoms with E-state index in [1.54, 1.807) is 25.3 Å². The second-order valence-electron chi connectivity index (χ2n) is 3.84. The van der Waals surface area contributed by atoms with Crippen LogP contribution in [0, 0.1) is 0 Å². The summed E-state index contributed by atoms with van der Waals surface area (Å²) in [7, 11) is 0. The highest BCUT2D eigenvalue weighted by atomic mass is 16.5. The number of carbonyl (C=O) groups is 2. The summed E-state index contributed by atoms with van der Waals surface area (Å²) in [6, 6.07) is 2.83. The minimum Gasteiger partial charge on any atom is -0.465 e. The molecule has 18 heavy (non-hydrogen) atoms. The third-order valence-corrected chi connectivity index (χ3v) is 2.41. The number of aromatic amines is 1. The van der Waals surface area contributed by atoms with Crippen LogP contribution in [0.2, 0.25) is 0 Å². The highest BCUT2D eigenvalue weighted by molar-refractivity contribution is 5.92. The molecule has 6 nitrogen and oxygen atoms in total. The lowest BCUT2D eigenvalue weighted by Gasteiger charge is -2.10. The maximum Gasteiger partial charge on any atom is 0.322 e. The van der Waals surface area contributed by atoms with Gasteiger partial charge in [0.25, 0.3) is 5.91 Å². The molecule has 1 aromatic rings. The summed E-state index contributed by atoms with van der Waals surface area (Å²) in [6.07, 6.45) is 2.81. The molecule has 1 amide bonds. The van der Waals surface area contributed by atoms with Gasteiger partial charge in [-0.2, -0.15) is 0 Å². The van der Waals surface area contributed by atoms with Crippen molar-refractivity contribution in [2.45, 2.75) is 25.8 Å². The summed E-state index contributed by atoms with van der Waals surface area (Å²) in [5, 5.41) is 2.73. The fourth-order valence-electron chi connectivity index (χ4n) is 1.46. The van der Waals surface area contributed by atoms with Crippen molar-refractivity contribution in [2.24, 2.45) is 5.73 Å². The summed E-state index contributed by atoms with van der Waals surface area (Å²) in [6.45, 7) is 2.54. The Morgan fingerprint density at radius 1 is 1.56 bits per heavy atom. The lowest BCUT2D eigenvalue weighted by Crippen LogP contribution is -2.33. The SMILES string of the molecule is CCOC(=O)C(N)CCCNC(=O)c1ccc[nH]1. The molecule has 4 N–H and O–H groups in total. The molecule has 6 heteroatoms. The van der Waals surface area contributed by atoms with Crippen molar-refractivity contribution in [3.8, 4) is 0 Å². The van der Waals surface area contributed by atoms with Crippen LogP contribution in [0.1, 0.15) is 30.3 Å². The average molecular weight is 253 g/mol. The number of amides is 1. The zero-order chi connectivity index (χ0) is 13.4. The van der Waals surface area contributed by atoms with Crippen molar-refractivity contribution >= 4 is 11.9 Å². The fraction of sp³-hybridized carbons (Fsp3) is 0.500. The molecule has 0 fully saturated rings. The van der Waals surface area contributed by atoms with Crippen LogP contribution in [-0.4, -0.2) is 36.1 Å². The number of carbonyl (C=O) groups excluding carboxylic acids is 2. The summed E-state index contributed by atoms with van der Waals surface area (Å²) < 4.78 is 4.78. The van der Waals surface area contributed by atoms with Gasteiger partial charge in [-0.1, -0.05) is 0 Å². The van der Waals surface area contributed by atoms with Crippen LogP contribution < -0.4 is 11.1 Å².